The zero-order valence-corrected chi connectivity index (χ0v) is 13.0. The van der Waals surface area contributed by atoms with Crippen molar-refractivity contribution in [2.75, 3.05) is 19.5 Å². The average Bonchev–Trinajstić information content (AvgIpc) is 2.86. The molecule has 0 N–H and O–H groups in total. The molecule has 0 aromatic carbocycles. The molecule has 0 amide bonds. The summed E-state index contributed by atoms with van der Waals surface area (Å²) in [5, 5.41) is 5.59. The molecule has 1 aromatic heterocycles. The molecule has 2 heterocycles. The molecule has 1 atom stereocenters. The van der Waals surface area contributed by atoms with Gasteiger partial charge in [-0.3, -0.25) is 9.48 Å². The minimum atomic E-state index is -0.164. The van der Waals surface area contributed by atoms with E-state index < -0.39 is 0 Å². The van der Waals surface area contributed by atoms with Gasteiger partial charge in [0.2, 0.25) is 0 Å². The Labute approximate surface area is 124 Å². The third kappa shape index (κ3) is 3.52. The SMILES string of the molecule is C=CC(=O)C(CC1CCOCC1)c1cc(SC)n(C)n1. The van der Waals surface area contributed by atoms with Crippen molar-refractivity contribution in [3.8, 4) is 0 Å². The summed E-state index contributed by atoms with van der Waals surface area (Å²) in [5.41, 5.74) is 0.869. The van der Waals surface area contributed by atoms with E-state index in [1.165, 1.54) is 6.08 Å². The Morgan fingerprint density at radius 3 is 2.90 bits per heavy atom. The molecule has 0 spiro atoms. The summed E-state index contributed by atoms with van der Waals surface area (Å²) in [4.78, 5) is 12.2. The number of rotatable bonds is 6. The predicted molar refractivity (Wildman–Crippen MR) is 81.1 cm³/mol. The van der Waals surface area contributed by atoms with E-state index in [0.717, 1.165) is 43.2 Å². The highest BCUT2D eigenvalue weighted by molar-refractivity contribution is 7.98. The summed E-state index contributed by atoms with van der Waals surface area (Å²) in [6.45, 7) is 5.24. The van der Waals surface area contributed by atoms with Crippen LogP contribution in [0.15, 0.2) is 23.7 Å². The van der Waals surface area contributed by atoms with Crippen LogP contribution >= 0.6 is 11.8 Å². The molecule has 5 heteroatoms. The van der Waals surface area contributed by atoms with Gasteiger partial charge in [0.15, 0.2) is 5.78 Å². The molecule has 0 bridgehead atoms. The number of ether oxygens (including phenoxy) is 1. The Hall–Kier alpha value is -1.07. The largest absolute Gasteiger partial charge is 0.381 e. The highest BCUT2D eigenvalue weighted by Crippen LogP contribution is 2.31. The lowest BCUT2D eigenvalue weighted by molar-refractivity contribution is -0.116. The van der Waals surface area contributed by atoms with Gasteiger partial charge < -0.3 is 4.74 Å². The van der Waals surface area contributed by atoms with E-state index in [4.69, 9.17) is 4.74 Å². The molecule has 1 fully saturated rings. The highest BCUT2D eigenvalue weighted by atomic mass is 32.2. The van der Waals surface area contributed by atoms with Gasteiger partial charge in [-0.25, -0.2) is 0 Å². The quantitative estimate of drug-likeness (QED) is 0.598. The minimum absolute atomic E-state index is 0.0715. The summed E-state index contributed by atoms with van der Waals surface area (Å²) in [6.07, 6.45) is 6.35. The van der Waals surface area contributed by atoms with E-state index in [1.54, 1.807) is 11.8 Å². The van der Waals surface area contributed by atoms with Crippen LogP contribution in [0.2, 0.25) is 0 Å². The molecule has 1 aromatic rings. The van der Waals surface area contributed by atoms with Crippen molar-refractivity contribution < 1.29 is 9.53 Å². The van der Waals surface area contributed by atoms with Crippen LogP contribution in [-0.4, -0.2) is 35.0 Å². The van der Waals surface area contributed by atoms with Crippen LogP contribution in [0.1, 0.15) is 30.9 Å². The Bertz CT molecular complexity index is 478. The molecule has 20 heavy (non-hydrogen) atoms. The smallest absolute Gasteiger partial charge is 0.164 e. The lowest BCUT2D eigenvalue weighted by Gasteiger charge is -2.24. The number of thioether (sulfide) groups is 1. The zero-order valence-electron chi connectivity index (χ0n) is 12.2. The minimum Gasteiger partial charge on any atom is -0.381 e. The number of hydrogen-bond acceptors (Lipinski definition) is 4. The fraction of sp³-hybridized carbons (Fsp3) is 0.600. The normalized spacial score (nSPS) is 17.9. The van der Waals surface area contributed by atoms with Crippen LogP contribution in [-0.2, 0) is 16.6 Å². The highest BCUT2D eigenvalue weighted by Gasteiger charge is 2.27. The van der Waals surface area contributed by atoms with Crippen LogP contribution in [0.4, 0.5) is 0 Å². The maximum atomic E-state index is 12.2. The van der Waals surface area contributed by atoms with Crippen molar-refractivity contribution in [1.29, 1.82) is 0 Å². The molecule has 0 aliphatic carbocycles. The first kappa shape index (κ1) is 15.3. The van der Waals surface area contributed by atoms with Crippen LogP contribution in [0.3, 0.4) is 0 Å². The number of aromatic nitrogens is 2. The zero-order chi connectivity index (χ0) is 14.5. The number of carbonyl (C=O) groups excluding carboxylic acids is 1. The summed E-state index contributed by atoms with van der Waals surface area (Å²) >= 11 is 1.64. The Morgan fingerprint density at radius 1 is 1.65 bits per heavy atom. The summed E-state index contributed by atoms with van der Waals surface area (Å²) in [5.74, 6) is 0.447. The van der Waals surface area contributed by atoms with Gasteiger partial charge in [0.05, 0.1) is 16.6 Å². The van der Waals surface area contributed by atoms with Gasteiger partial charge >= 0.3 is 0 Å². The second kappa shape index (κ2) is 7.09. The van der Waals surface area contributed by atoms with Gasteiger partial charge in [-0.15, -0.1) is 11.8 Å². The van der Waals surface area contributed by atoms with Crippen molar-refractivity contribution in [2.45, 2.75) is 30.2 Å². The molecule has 2 rings (SSSR count). The van der Waals surface area contributed by atoms with Gasteiger partial charge in [0, 0.05) is 20.3 Å². The Morgan fingerprint density at radius 2 is 2.35 bits per heavy atom. The van der Waals surface area contributed by atoms with Gasteiger partial charge in [-0.2, -0.15) is 5.10 Å². The predicted octanol–water partition coefficient (Wildman–Crippen LogP) is 2.80. The van der Waals surface area contributed by atoms with Gasteiger partial charge in [0.25, 0.3) is 0 Å². The second-order valence-corrected chi connectivity index (χ2v) is 6.01. The van der Waals surface area contributed by atoms with E-state index in [-0.39, 0.29) is 11.7 Å². The number of carbonyl (C=O) groups is 1. The first-order chi connectivity index (χ1) is 9.65. The van der Waals surface area contributed by atoms with E-state index in [1.807, 2.05) is 24.1 Å². The molecule has 4 nitrogen and oxygen atoms in total. The molecule has 0 saturated carbocycles. The maximum Gasteiger partial charge on any atom is 0.164 e. The molecular formula is C15H22N2O2S. The standard InChI is InChI=1S/C15H22N2O2S/c1-4-14(18)12(9-11-5-7-19-8-6-11)13-10-15(20-3)17(2)16-13/h4,10-12H,1,5-9H2,2-3H3. The van der Waals surface area contributed by atoms with Crippen molar-refractivity contribution >= 4 is 17.5 Å². The number of ketones is 1. The van der Waals surface area contributed by atoms with Gasteiger partial charge in [-0.05, 0) is 43.6 Å². The van der Waals surface area contributed by atoms with Crippen LogP contribution < -0.4 is 0 Å². The summed E-state index contributed by atoms with van der Waals surface area (Å²) in [7, 11) is 1.92. The number of nitrogens with zero attached hydrogens (tertiary/aromatic N) is 2. The second-order valence-electron chi connectivity index (χ2n) is 5.19. The van der Waals surface area contributed by atoms with Crippen molar-refractivity contribution in [3.63, 3.8) is 0 Å². The molecule has 1 aliphatic heterocycles. The summed E-state index contributed by atoms with van der Waals surface area (Å²) < 4.78 is 7.23. The van der Waals surface area contributed by atoms with Crippen molar-refractivity contribution in [3.05, 3.63) is 24.4 Å². The van der Waals surface area contributed by atoms with Crippen molar-refractivity contribution in [1.82, 2.24) is 9.78 Å². The van der Waals surface area contributed by atoms with E-state index in [9.17, 15) is 4.79 Å². The van der Waals surface area contributed by atoms with Crippen molar-refractivity contribution in [2.24, 2.45) is 13.0 Å². The topological polar surface area (TPSA) is 44.1 Å². The lowest BCUT2D eigenvalue weighted by Crippen LogP contribution is -2.21. The van der Waals surface area contributed by atoms with Gasteiger partial charge in [-0.1, -0.05) is 6.58 Å². The van der Waals surface area contributed by atoms with Crippen LogP contribution in [0, 0.1) is 5.92 Å². The molecule has 1 unspecified atom stereocenters. The molecule has 1 saturated heterocycles. The molecule has 1 aliphatic rings. The Kier molecular flexibility index (Phi) is 5.43. The monoisotopic (exact) mass is 294 g/mol. The average molecular weight is 294 g/mol. The first-order valence-electron chi connectivity index (χ1n) is 6.97. The fourth-order valence-electron chi connectivity index (χ4n) is 2.67. The van der Waals surface area contributed by atoms with E-state index >= 15 is 0 Å². The van der Waals surface area contributed by atoms with Gasteiger partial charge in [0.1, 0.15) is 0 Å². The molecular weight excluding hydrogens is 272 g/mol. The molecule has 110 valence electrons. The number of allylic oxidation sites excluding steroid dienone is 1. The van der Waals surface area contributed by atoms with E-state index in [0.29, 0.717) is 5.92 Å². The maximum absolute atomic E-state index is 12.2. The Balaban J connectivity index is 2.17. The third-order valence-corrected chi connectivity index (χ3v) is 4.68. The summed E-state index contributed by atoms with van der Waals surface area (Å²) in [6, 6.07) is 2.02. The third-order valence-electron chi connectivity index (χ3n) is 3.88. The lowest BCUT2D eigenvalue weighted by atomic mass is 9.85. The first-order valence-corrected chi connectivity index (χ1v) is 8.20. The molecule has 0 radical (unpaired) electrons. The number of aryl methyl sites for hydroxylation is 1. The van der Waals surface area contributed by atoms with Crippen LogP contribution in [0.25, 0.3) is 0 Å². The van der Waals surface area contributed by atoms with Crippen LogP contribution in [0.5, 0.6) is 0 Å². The van der Waals surface area contributed by atoms with E-state index in [2.05, 4.69) is 11.7 Å². The fourth-order valence-corrected chi connectivity index (χ4v) is 3.22. The number of hydrogen-bond donors (Lipinski definition) is 0.